The second kappa shape index (κ2) is 7.50. The van der Waals surface area contributed by atoms with Gasteiger partial charge in [0, 0.05) is 13.0 Å². The van der Waals surface area contributed by atoms with E-state index in [-0.39, 0.29) is 12.0 Å². The second-order valence-electron chi connectivity index (χ2n) is 8.39. The van der Waals surface area contributed by atoms with Gasteiger partial charge in [0.1, 0.15) is 0 Å². The molecule has 0 amide bonds. The van der Waals surface area contributed by atoms with Gasteiger partial charge in [-0.05, 0) is 31.2 Å². The average molecular weight is 335 g/mol. The molecule has 130 valence electrons. The predicted molar refractivity (Wildman–Crippen MR) is 100 cm³/mol. The Morgan fingerprint density at radius 3 is 2.13 bits per heavy atom. The van der Waals surface area contributed by atoms with E-state index in [1.54, 1.807) is 7.11 Å². The first-order valence-corrected chi connectivity index (χ1v) is 12.6. The third kappa shape index (κ3) is 4.07. The highest BCUT2D eigenvalue weighted by Gasteiger charge is 2.50. The van der Waals surface area contributed by atoms with Crippen LogP contribution < -0.4 is 0 Å². The van der Waals surface area contributed by atoms with Gasteiger partial charge >= 0.3 is 0 Å². The molecular formula is C20H34O2Si. The Hall–Kier alpha value is -0.643. The number of hydrogen-bond acceptors (Lipinski definition) is 2. The lowest BCUT2D eigenvalue weighted by Gasteiger charge is -2.49. The number of rotatable bonds is 6. The molecule has 0 spiro atoms. The Balaban J connectivity index is 2.43. The lowest BCUT2D eigenvalue weighted by atomic mass is 9.73. The van der Waals surface area contributed by atoms with Gasteiger partial charge in [-0.15, -0.1) is 0 Å². The summed E-state index contributed by atoms with van der Waals surface area (Å²) in [5.41, 5.74) is 1.20. The number of methoxy groups -OCH3 is 1. The second-order valence-corrected chi connectivity index (χ2v) is 13.9. The summed E-state index contributed by atoms with van der Waals surface area (Å²) in [5.74, 6) is 0.720. The van der Waals surface area contributed by atoms with Crippen LogP contribution in [0.15, 0.2) is 30.3 Å². The topological polar surface area (TPSA) is 29.5 Å². The van der Waals surface area contributed by atoms with Crippen molar-refractivity contribution in [3.05, 3.63) is 35.9 Å². The molecule has 23 heavy (non-hydrogen) atoms. The molecule has 2 nitrogen and oxygen atoms in total. The van der Waals surface area contributed by atoms with Crippen LogP contribution in [-0.2, 0) is 4.74 Å². The molecule has 0 bridgehead atoms. The minimum Gasteiger partial charge on any atom is -0.393 e. The van der Waals surface area contributed by atoms with Crippen molar-refractivity contribution in [2.75, 3.05) is 7.11 Å². The molecule has 1 N–H and O–H groups in total. The lowest BCUT2D eigenvalue weighted by molar-refractivity contribution is -0.0691. The van der Waals surface area contributed by atoms with Crippen molar-refractivity contribution in [3.8, 4) is 0 Å². The number of benzene rings is 1. The van der Waals surface area contributed by atoms with Crippen LogP contribution >= 0.6 is 0 Å². The predicted octanol–water partition coefficient (Wildman–Crippen LogP) is 5.20. The maximum absolute atomic E-state index is 11.6. The average Bonchev–Trinajstić information content (AvgIpc) is 2.52. The third-order valence-electron chi connectivity index (χ3n) is 6.03. The van der Waals surface area contributed by atoms with Gasteiger partial charge in [0.2, 0.25) is 0 Å². The van der Waals surface area contributed by atoms with E-state index >= 15 is 0 Å². The van der Waals surface area contributed by atoms with Gasteiger partial charge < -0.3 is 9.84 Å². The minimum atomic E-state index is -1.77. The summed E-state index contributed by atoms with van der Waals surface area (Å²) in [6, 6.07) is 10.5. The van der Waals surface area contributed by atoms with E-state index in [0.29, 0.717) is 5.92 Å². The van der Waals surface area contributed by atoms with Gasteiger partial charge in [-0.1, -0.05) is 69.2 Å². The fourth-order valence-corrected chi connectivity index (χ4v) is 5.51. The zero-order valence-electron chi connectivity index (χ0n) is 15.5. The molecular weight excluding hydrogens is 300 g/mol. The van der Waals surface area contributed by atoms with Crippen molar-refractivity contribution >= 4 is 8.07 Å². The summed E-state index contributed by atoms with van der Waals surface area (Å²) >= 11 is 0. The van der Waals surface area contributed by atoms with Crippen molar-refractivity contribution in [2.24, 2.45) is 11.8 Å². The molecule has 0 radical (unpaired) electrons. The molecule has 1 aromatic rings. The zero-order chi connectivity index (χ0) is 17.1. The normalized spacial score (nSPS) is 22.3. The van der Waals surface area contributed by atoms with Crippen LogP contribution in [0.4, 0.5) is 0 Å². The first-order valence-electron chi connectivity index (χ1n) is 9.09. The van der Waals surface area contributed by atoms with Crippen molar-refractivity contribution in [2.45, 2.75) is 70.0 Å². The number of hydrogen-bond donors (Lipinski definition) is 1. The molecule has 0 aromatic heterocycles. The van der Waals surface area contributed by atoms with Gasteiger partial charge in [0.25, 0.3) is 0 Å². The molecule has 1 saturated carbocycles. The van der Waals surface area contributed by atoms with E-state index in [0.717, 1.165) is 0 Å². The Morgan fingerprint density at radius 2 is 1.65 bits per heavy atom. The van der Waals surface area contributed by atoms with Crippen LogP contribution in [0.5, 0.6) is 0 Å². The van der Waals surface area contributed by atoms with E-state index in [9.17, 15) is 5.11 Å². The summed E-state index contributed by atoms with van der Waals surface area (Å²) in [4.78, 5) is 0. The Labute approximate surface area is 143 Å². The first kappa shape index (κ1) is 18.7. The smallest absolute Gasteiger partial charge is 0.0876 e. The summed E-state index contributed by atoms with van der Waals surface area (Å²) in [5, 5.41) is 11.0. The summed E-state index contributed by atoms with van der Waals surface area (Å²) in [6.45, 7) is 8.91. The van der Waals surface area contributed by atoms with E-state index < -0.39 is 13.3 Å². The Bertz CT molecular complexity index is 472. The number of ether oxygens (including phenoxy) is 1. The molecule has 0 heterocycles. The van der Waals surface area contributed by atoms with Gasteiger partial charge in [-0.2, -0.15) is 0 Å². The molecule has 3 heteroatoms. The summed E-state index contributed by atoms with van der Waals surface area (Å²) < 4.78 is 6.00. The quantitative estimate of drug-likeness (QED) is 0.725. The van der Waals surface area contributed by atoms with Gasteiger partial charge in [-0.25, -0.2) is 0 Å². The molecule has 1 aromatic carbocycles. The van der Waals surface area contributed by atoms with Gasteiger partial charge in [0.15, 0.2) is 0 Å². The van der Waals surface area contributed by atoms with Crippen molar-refractivity contribution in [1.82, 2.24) is 0 Å². The maximum atomic E-state index is 11.6. The Morgan fingerprint density at radius 1 is 1.09 bits per heavy atom. The largest absolute Gasteiger partial charge is 0.393 e. The van der Waals surface area contributed by atoms with Crippen LogP contribution in [0.25, 0.3) is 0 Å². The molecule has 0 saturated heterocycles. The fraction of sp³-hybridized carbons (Fsp3) is 0.700. The van der Waals surface area contributed by atoms with Crippen molar-refractivity contribution < 1.29 is 9.84 Å². The standard InChI is InChI=1S/C20H34O2Si/c1-20(21,23(3,4)5)18(16-12-8-6-9-13-16)19(22-2)17-14-10-7-11-15-17/h7,10-11,14-16,18-19,21H,6,8-9,12-13H2,1-5H3/t18-,19+,20-/m0/s1. The molecule has 2 rings (SSSR count). The highest BCUT2D eigenvalue weighted by atomic mass is 28.3. The maximum Gasteiger partial charge on any atom is 0.0876 e. The summed E-state index contributed by atoms with van der Waals surface area (Å²) in [6.07, 6.45) is 6.32. The first-order chi connectivity index (χ1) is 10.8. The highest BCUT2D eigenvalue weighted by Crippen LogP contribution is 2.47. The zero-order valence-corrected chi connectivity index (χ0v) is 16.5. The van der Waals surface area contributed by atoms with Crippen LogP contribution in [0, 0.1) is 11.8 Å². The highest BCUT2D eigenvalue weighted by molar-refractivity contribution is 6.78. The van der Waals surface area contributed by atoms with Gasteiger partial charge in [0.05, 0.1) is 19.4 Å². The number of aliphatic hydroxyl groups is 1. The van der Waals surface area contributed by atoms with Crippen molar-refractivity contribution in [1.29, 1.82) is 0 Å². The molecule has 3 atom stereocenters. The van der Waals surface area contributed by atoms with E-state index in [1.807, 2.05) is 6.07 Å². The molecule has 1 aliphatic carbocycles. The molecule has 0 aliphatic heterocycles. The molecule has 1 fully saturated rings. The van der Waals surface area contributed by atoms with Crippen LogP contribution in [0.3, 0.4) is 0 Å². The fourth-order valence-electron chi connectivity index (χ4n) is 4.13. The summed E-state index contributed by atoms with van der Waals surface area (Å²) in [7, 11) is 0.0311. The van der Waals surface area contributed by atoms with Crippen LogP contribution in [-0.4, -0.2) is 25.5 Å². The lowest BCUT2D eigenvalue weighted by Crippen LogP contribution is -2.59. The SMILES string of the molecule is CO[C@H](c1ccccc1)[C@H](C1CCCCC1)[C@@](C)(O)[Si](C)(C)C. The van der Waals surface area contributed by atoms with Crippen LogP contribution in [0.1, 0.15) is 50.7 Å². The van der Waals surface area contributed by atoms with E-state index in [4.69, 9.17) is 4.74 Å². The van der Waals surface area contributed by atoms with Crippen LogP contribution in [0.2, 0.25) is 19.6 Å². The minimum absolute atomic E-state index is 0.0268. The van der Waals surface area contributed by atoms with E-state index in [2.05, 4.69) is 50.8 Å². The molecule has 1 aliphatic rings. The third-order valence-corrected chi connectivity index (χ3v) is 9.40. The monoisotopic (exact) mass is 334 g/mol. The van der Waals surface area contributed by atoms with Crippen molar-refractivity contribution in [3.63, 3.8) is 0 Å². The molecule has 0 unspecified atom stereocenters. The Kier molecular flexibility index (Phi) is 6.09. The van der Waals surface area contributed by atoms with Gasteiger partial charge in [-0.3, -0.25) is 0 Å². The van der Waals surface area contributed by atoms with E-state index in [1.165, 1.54) is 37.7 Å².